The second-order valence-corrected chi connectivity index (χ2v) is 5.97. The van der Waals surface area contributed by atoms with Crippen molar-refractivity contribution in [1.29, 1.82) is 0 Å². The maximum absolute atomic E-state index is 12.5. The van der Waals surface area contributed by atoms with Gasteiger partial charge in [0.05, 0.1) is 9.40 Å². The average Bonchev–Trinajstić information content (AvgIpc) is 2.63. The Morgan fingerprint density at radius 2 is 2.15 bits per heavy atom. The first-order chi connectivity index (χ1) is 9.50. The number of benzene rings is 1. The number of nitro benzene ring substituents is 1. The number of halogens is 1. The largest absolute Gasteiger partial charge is 0.336 e. The average molecular weight is 341 g/mol. The molecule has 0 N–H and O–H groups in total. The summed E-state index contributed by atoms with van der Waals surface area (Å²) in [5.41, 5.74) is 0.312. The molecule has 6 heteroatoms. The molecule has 1 aromatic rings. The fourth-order valence-electron chi connectivity index (χ4n) is 2.53. The number of nitrogens with zero attached hydrogens (tertiary/aromatic N) is 2. The van der Waals surface area contributed by atoms with Crippen LogP contribution in [0.15, 0.2) is 22.7 Å². The first kappa shape index (κ1) is 15.0. The van der Waals surface area contributed by atoms with E-state index in [1.165, 1.54) is 6.07 Å². The van der Waals surface area contributed by atoms with Crippen molar-refractivity contribution in [2.75, 3.05) is 6.54 Å². The summed E-state index contributed by atoms with van der Waals surface area (Å²) in [7, 11) is 0. The summed E-state index contributed by atoms with van der Waals surface area (Å²) in [6.45, 7) is 2.76. The second-order valence-electron chi connectivity index (χ2n) is 5.12. The van der Waals surface area contributed by atoms with Crippen molar-refractivity contribution in [3.8, 4) is 0 Å². The number of likely N-dealkylation sites (tertiary alicyclic amines) is 1. The third kappa shape index (κ3) is 3.17. The number of carbonyl (C=O) groups excluding carboxylic acids is 1. The first-order valence-corrected chi connectivity index (χ1v) is 7.55. The molecule has 0 saturated carbocycles. The Kier molecular flexibility index (Phi) is 4.75. The lowest BCUT2D eigenvalue weighted by molar-refractivity contribution is -0.385. The predicted molar refractivity (Wildman–Crippen MR) is 79.8 cm³/mol. The fourth-order valence-corrected chi connectivity index (χ4v) is 2.92. The molecule has 0 radical (unpaired) electrons. The van der Waals surface area contributed by atoms with Crippen LogP contribution >= 0.6 is 15.9 Å². The molecule has 1 amide bonds. The van der Waals surface area contributed by atoms with E-state index in [0.29, 0.717) is 10.0 Å². The van der Waals surface area contributed by atoms with E-state index < -0.39 is 4.92 Å². The zero-order valence-corrected chi connectivity index (χ0v) is 12.9. The van der Waals surface area contributed by atoms with Gasteiger partial charge < -0.3 is 4.90 Å². The molecule has 1 aliphatic heterocycles. The van der Waals surface area contributed by atoms with Gasteiger partial charge in [-0.2, -0.15) is 0 Å². The summed E-state index contributed by atoms with van der Waals surface area (Å²) in [5.74, 6) is -0.116. The molecular weight excluding hydrogens is 324 g/mol. The standard InChI is InChI=1S/C14H17BrN2O3/c1-10-5-3-2-4-8-16(10)14(18)11-6-7-12(15)13(9-11)17(19)20/h6-7,9-10H,2-5,8H2,1H3. The van der Waals surface area contributed by atoms with Gasteiger partial charge in [0.25, 0.3) is 11.6 Å². The van der Waals surface area contributed by atoms with Gasteiger partial charge in [0, 0.05) is 24.2 Å². The molecule has 1 atom stereocenters. The minimum Gasteiger partial charge on any atom is -0.336 e. The highest BCUT2D eigenvalue weighted by Crippen LogP contribution is 2.27. The Morgan fingerprint density at radius 3 is 2.85 bits per heavy atom. The fraction of sp³-hybridized carbons (Fsp3) is 0.500. The van der Waals surface area contributed by atoms with Gasteiger partial charge in [-0.1, -0.05) is 12.8 Å². The van der Waals surface area contributed by atoms with Crippen molar-refractivity contribution in [3.05, 3.63) is 38.3 Å². The molecular formula is C14H17BrN2O3. The summed E-state index contributed by atoms with van der Waals surface area (Å²) >= 11 is 3.13. The molecule has 1 aliphatic rings. The maximum Gasteiger partial charge on any atom is 0.284 e. The van der Waals surface area contributed by atoms with Crippen LogP contribution in [0.2, 0.25) is 0 Å². The molecule has 0 aromatic heterocycles. The smallest absolute Gasteiger partial charge is 0.284 e. The topological polar surface area (TPSA) is 63.5 Å². The van der Waals surface area contributed by atoms with Gasteiger partial charge >= 0.3 is 0 Å². The minimum absolute atomic E-state index is 0.0710. The highest BCUT2D eigenvalue weighted by Gasteiger charge is 2.25. The van der Waals surface area contributed by atoms with Crippen LogP contribution in [0.1, 0.15) is 43.0 Å². The third-order valence-electron chi connectivity index (χ3n) is 3.70. The lowest BCUT2D eigenvalue weighted by atomic mass is 10.1. The zero-order valence-electron chi connectivity index (χ0n) is 11.3. The van der Waals surface area contributed by atoms with Crippen molar-refractivity contribution in [1.82, 2.24) is 4.90 Å². The van der Waals surface area contributed by atoms with Crippen LogP contribution in [0, 0.1) is 10.1 Å². The highest BCUT2D eigenvalue weighted by atomic mass is 79.9. The quantitative estimate of drug-likeness (QED) is 0.608. The molecule has 1 heterocycles. The van der Waals surface area contributed by atoms with Crippen molar-refractivity contribution in [2.45, 2.75) is 38.6 Å². The van der Waals surface area contributed by atoms with Gasteiger partial charge in [-0.05, 0) is 47.8 Å². The number of amides is 1. The van der Waals surface area contributed by atoms with Crippen LogP contribution in [-0.2, 0) is 0 Å². The molecule has 5 nitrogen and oxygen atoms in total. The van der Waals surface area contributed by atoms with Crippen LogP contribution < -0.4 is 0 Å². The molecule has 2 rings (SSSR count). The zero-order chi connectivity index (χ0) is 14.7. The van der Waals surface area contributed by atoms with E-state index in [2.05, 4.69) is 15.9 Å². The summed E-state index contributed by atoms with van der Waals surface area (Å²) < 4.78 is 0.392. The normalized spacial score (nSPS) is 19.5. The number of rotatable bonds is 2. The minimum atomic E-state index is -0.479. The Morgan fingerprint density at radius 1 is 1.40 bits per heavy atom. The third-order valence-corrected chi connectivity index (χ3v) is 4.37. The van der Waals surface area contributed by atoms with Crippen molar-refractivity contribution in [3.63, 3.8) is 0 Å². The van der Waals surface area contributed by atoms with Gasteiger partial charge in [-0.3, -0.25) is 14.9 Å². The lowest BCUT2D eigenvalue weighted by Crippen LogP contribution is -2.38. The SMILES string of the molecule is CC1CCCCCN1C(=O)c1ccc(Br)c([N+](=O)[O-])c1. The van der Waals surface area contributed by atoms with Gasteiger partial charge in [-0.15, -0.1) is 0 Å². The highest BCUT2D eigenvalue weighted by molar-refractivity contribution is 9.10. The second kappa shape index (κ2) is 6.35. The Hall–Kier alpha value is -1.43. The van der Waals surface area contributed by atoms with Gasteiger partial charge in [0.1, 0.15) is 0 Å². The number of hydrogen-bond donors (Lipinski definition) is 0. The molecule has 1 fully saturated rings. The summed E-state index contributed by atoms with van der Waals surface area (Å²) in [4.78, 5) is 24.8. The Labute approximate surface area is 126 Å². The van der Waals surface area contributed by atoms with E-state index in [1.54, 1.807) is 12.1 Å². The maximum atomic E-state index is 12.5. The van der Waals surface area contributed by atoms with Crippen molar-refractivity contribution in [2.24, 2.45) is 0 Å². The molecule has 1 unspecified atom stereocenters. The predicted octanol–water partition coefficient (Wildman–Crippen LogP) is 3.76. The molecule has 0 spiro atoms. The lowest BCUT2D eigenvalue weighted by Gasteiger charge is -2.27. The van der Waals surface area contributed by atoms with Gasteiger partial charge in [0.15, 0.2) is 0 Å². The van der Waals surface area contributed by atoms with Crippen LogP contribution in [0.25, 0.3) is 0 Å². The first-order valence-electron chi connectivity index (χ1n) is 6.75. The molecule has 1 aromatic carbocycles. The summed E-state index contributed by atoms with van der Waals surface area (Å²) in [6.07, 6.45) is 4.25. The Bertz CT molecular complexity index is 533. The van der Waals surface area contributed by atoms with Crippen LogP contribution in [-0.4, -0.2) is 28.3 Å². The van der Waals surface area contributed by atoms with E-state index in [4.69, 9.17) is 0 Å². The summed E-state index contributed by atoms with van der Waals surface area (Å²) in [5, 5.41) is 10.9. The van der Waals surface area contributed by atoms with Crippen molar-refractivity contribution >= 4 is 27.5 Å². The van der Waals surface area contributed by atoms with E-state index in [-0.39, 0.29) is 17.6 Å². The summed E-state index contributed by atoms with van der Waals surface area (Å²) in [6, 6.07) is 4.74. The molecule has 20 heavy (non-hydrogen) atoms. The van der Waals surface area contributed by atoms with Crippen molar-refractivity contribution < 1.29 is 9.72 Å². The monoisotopic (exact) mass is 340 g/mol. The van der Waals surface area contributed by atoms with Gasteiger partial charge in [-0.25, -0.2) is 0 Å². The molecule has 0 bridgehead atoms. The Balaban J connectivity index is 2.28. The van der Waals surface area contributed by atoms with E-state index in [9.17, 15) is 14.9 Å². The van der Waals surface area contributed by atoms with Gasteiger partial charge in [0.2, 0.25) is 0 Å². The van der Waals surface area contributed by atoms with Crippen LogP contribution in [0.3, 0.4) is 0 Å². The number of hydrogen-bond acceptors (Lipinski definition) is 3. The molecule has 0 aliphatic carbocycles. The molecule has 108 valence electrons. The number of carbonyl (C=O) groups is 1. The molecule has 1 saturated heterocycles. The number of nitro groups is 1. The van der Waals surface area contributed by atoms with E-state index in [0.717, 1.165) is 32.2 Å². The van der Waals surface area contributed by atoms with E-state index >= 15 is 0 Å². The van der Waals surface area contributed by atoms with Crippen LogP contribution in [0.5, 0.6) is 0 Å². The van der Waals surface area contributed by atoms with E-state index in [1.807, 2.05) is 11.8 Å². The van der Waals surface area contributed by atoms with Crippen LogP contribution in [0.4, 0.5) is 5.69 Å².